The maximum Gasteiger partial charge on any atom is 0.261 e. The SMILES string of the molecule is C[C@](O)(C(=O)Nc1ccc2c(N)noc2c1)[C@H]1OCCN(c2nn(-c3ccnc(C#N)c3)cc2Cl)C1=O. The molecule has 14 heteroatoms. The second-order valence-corrected chi connectivity index (χ2v) is 8.78. The highest BCUT2D eigenvalue weighted by Gasteiger charge is 2.49. The van der Waals surface area contributed by atoms with E-state index in [1.807, 2.05) is 6.07 Å². The lowest BCUT2D eigenvalue weighted by molar-refractivity contribution is -0.165. The van der Waals surface area contributed by atoms with Crippen LogP contribution in [0.25, 0.3) is 16.7 Å². The van der Waals surface area contributed by atoms with Crippen LogP contribution in [0.2, 0.25) is 5.02 Å². The van der Waals surface area contributed by atoms with Gasteiger partial charge in [-0.3, -0.25) is 14.5 Å². The Hall–Kier alpha value is -4.51. The van der Waals surface area contributed by atoms with Crippen molar-refractivity contribution in [3.8, 4) is 11.8 Å². The van der Waals surface area contributed by atoms with Gasteiger partial charge in [-0.15, -0.1) is 5.10 Å². The van der Waals surface area contributed by atoms with E-state index in [2.05, 4.69) is 20.6 Å². The quantitative estimate of drug-likeness (QED) is 0.348. The van der Waals surface area contributed by atoms with Crippen molar-refractivity contribution >= 4 is 51.7 Å². The molecule has 1 aromatic carbocycles. The molecule has 3 aromatic heterocycles. The Bertz CT molecular complexity index is 1570. The number of hydrogen-bond acceptors (Lipinski definition) is 10. The van der Waals surface area contributed by atoms with E-state index in [0.717, 1.165) is 0 Å². The normalized spacial score (nSPS) is 17.4. The Kier molecular flexibility index (Phi) is 6.00. The molecule has 0 spiro atoms. The number of pyridine rings is 1. The van der Waals surface area contributed by atoms with Gasteiger partial charge in [-0.2, -0.15) is 5.26 Å². The molecule has 2 amide bonds. The number of aromatic nitrogens is 4. The molecule has 4 N–H and O–H groups in total. The summed E-state index contributed by atoms with van der Waals surface area (Å²) in [6.07, 6.45) is 1.38. The van der Waals surface area contributed by atoms with Crippen LogP contribution in [0.15, 0.2) is 47.2 Å². The molecule has 5 rings (SSSR count). The Morgan fingerprint density at radius 2 is 2.19 bits per heavy atom. The van der Waals surface area contributed by atoms with Crippen LogP contribution >= 0.6 is 11.6 Å². The Labute approximate surface area is 214 Å². The van der Waals surface area contributed by atoms with Gasteiger partial charge in [0.2, 0.25) is 0 Å². The molecule has 1 saturated heterocycles. The van der Waals surface area contributed by atoms with E-state index in [1.165, 1.54) is 41.0 Å². The molecule has 0 bridgehead atoms. The minimum atomic E-state index is -2.26. The first-order valence-corrected chi connectivity index (χ1v) is 11.3. The average Bonchev–Trinajstić information content (AvgIpc) is 3.46. The number of nitrogens with one attached hydrogen (secondary N) is 1. The van der Waals surface area contributed by atoms with Crippen LogP contribution in [0, 0.1) is 11.3 Å². The van der Waals surface area contributed by atoms with Crippen LogP contribution in [-0.4, -0.2) is 61.7 Å². The van der Waals surface area contributed by atoms with Crippen LogP contribution in [-0.2, 0) is 14.3 Å². The first-order valence-electron chi connectivity index (χ1n) is 10.9. The van der Waals surface area contributed by atoms with Crippen molar-refractivity contribution in [3.63, 3.8) is 0 Å². The van der Waals surface area contributed by atoms with Crippen LogP contribution < -0.4 is 16.0 Å². The number of hydrogen-bond donors (Lipinski definition) is 3. The number of halogens is 1. The molecule has 4 aromatic rings. The third kappa shape index (κ3) is 4.33. The van der Waals surface area contributed by atoms with E-state index in [9.17, 15) is 14.7 Å². The highest BCUT2D eigenvalue weighted by molar-refractivity contribution is 6.33. The lowest BCUT2D eigenvalue weighted by Gasteiger charge is -2.37. The van der Waals surface area contributed by atoms with Gasteiger partial charge in [-0.1, -0.05) is 16.8 Å². The number of aliphatic hydroxyl groups is 1. The molecule has 37 heavy (non-hydrogen) atoms. The number of nitrogens with two attached hydrogens (primary N) is 1. The number of benzene rings is 1. The summed E-state index contributed by atoms with van der Waals surface area (Å²) in [6.45, 7) is 1.28. The van der Waals surface area contributed by atoms with E-state index >= 15 is 0 Å². The molecule has 1 aliphatic rings. The van der Waals surface area contributed by atoms with Gasteiger partial charge in [0.1, 0.15) is 16.8 Å². The number of morpholine rings is 1. The Balaban J connectivity index is 1.37. The summed E-state index contributed by atoms with van der Waals surface area (Å²) in [5.74, 6) is -1.27. The number of nitrogen functional groups attached to an aromatic ring is 1. The molecule has 0 radical (unpaired) electrons. The molecule has 1 aliphatic heterocycles. The smallest absolute Gasteiger partial charge is 0.261 e. The molecular formula is C23H19ClN8O5. The van der Waals surface area contributed by atoms with Crippen molar-refractivity contribution in [2.75, 3.05) is 29.1 Å². The summed E-state index contributed by atoms with van der Waals surface area (Å²) in [5, 5.41) is 31.5. The van der Waals surface area contributed by atoms with Gasteiger partial charge >= 0.3 is 0 Å². The molecule has 4 heterocycles. The average molecular weight is 523 g/mol. The summed E-state index contributed by atoms with van der Waals surface area (Å²) >= 11 is 6.39. The maximum absolute atomic E-state index is 13.4. The van der Waals surface area contributed by atoms with Crippen molar-refractivity contribution in [2.24, 2.45) is 0 Å². The summed E-state index contributed by atoms with van der Waals surface area (Å²) in [5.41, 5.74) is 4.78. The fourth-order valence-electron chi connectivity index (χ4n) is 3.89. The number of ether oxygens (including phenoxy) is 1. The number of carbonyl (C=O) groups is 2. The van der Waals surface area contributed by atoms with Gasteiger partial charge in [0, 0.05) is 24.0 Å². The predicted octanol–water partition coefficient (Wildman–Crippen LogP) is 1.64. The third-order valence-corrected chi connectivity index (χ3v) is 6.11. The monoisotopic (exact) mass is 522 g/mol. The topological polar surface area (TPSA) is 185 Å². The summed E-state index contributed by atoms with van der Waals surface area (Å²) in [6, 6.07) is 9.73. The van der Waals surface area contributed by atoms with E-state index in [-0.39, 0.29) is 35.5 Å². The zero-order chi connectivity index (χ0) is 26.3. The number of amides is 2. The van der Waals surface area contributed by atoms with Crippen LogP contribution in [0.3, 0.4) is 0 Å². The number of anilines is 3. The summed E-state index contributed by atoms with van der Waals surface area (Å²) in [7, 11) is 0. The van der Waals surface area contributed by atoms with Crippen molar-refractivity contribution in [1.29, 1.82) is 5.26 Å². The number of carbonyl (C=O) groups excluding carboxylic acids is 2. The number of nitriles is 1. The van der Waals surface area contributed by atoms with Gasteiger partial charge in [0.25, 0.3) is 11.8 Å². The fraction of sp³-hybridized carbons (Fsp3) is 0.217. The Morgan fingerprint density at radius 3 is 2.97 bits per heavy atom. The van der Waals surface area contributed by atoms with Crippen LogP contribution in [0.4, 0.5) is 17.3 Å². The van der Waals surface area contributed by atoms with Crippen molar-refractivity contribution in [3.05, 3.63) is 53.4 Å². The van der Waals surface area contributed by atoms with Gasteiger partial charge in [-0.25, -0.2) is 9.67 Å². The standard InChI is InChI=1S/C23H19ClN8O5/c1-23(35,22(34)28-12-2-3-15-17(9-12)37-30-19(15)26)18-21(33)31(6-7-36-18)20-16(24)11-32(29-20)14-4-5-27-13(8-14)10-25/h2-5,8-9,11,18,35H,6-7H2,1H3,(H2,26,30)(H,28,34)/t18-,23+/m0/s1. The minimum absolute atomic E-state index is 0.0141. The van der Waals surface area contributed by atoms with Gasteiger partial charge in [0.15, 0.2) is 28.9 Å². The zero-order valence-corrected chi connectivity index (χ0v) is 20.0. The van der Waals surface area contributed by atoms with E-state index in [0.29, 0.717) is 22.3 Å². The van der Waals surface area contributed by atoms with E-state index in [1.54, 1.807) is 18.2 Å². The first kappa shape index (κ1) is 24.2. The second kappa shape index (κ2) is 9.17. The van der Waals surface area contributed by atoms with Crippen LogP contribution in [0.1, 0.15) is 12.6 Å². The number of rotatable bonds is 5. The van der Waals surface area contributed by atoms with Crippen molar-refractivity contribution in [1.82, 2.24) is 19.9 Å². The van der Waals surface area contributed by atoms with E-state index in [4.69, 9.17) is 31.9 Å². The predicted molar refractivity (Wildman–Crippen MR) is 131 cm³/mol. The van der Waals surface area contributed by atoms with Crippen LogP contribution in [0.5, 0.6) is 0 Å². The van der Waals surface area contributed by atoms with Gasteiger partial charge in [-0.05, 0) is 25.1 Å². The largest absolute Gasteiger partial charge is 0.380 e. The molecule has 1 fully saturated rings. The fourth-order valence-corrected chi connectivity index (χ4v) is 4.12. The number of nitrogens with zero attached hydrogens (tertiary/aromatic N) is 6. The highest BCUT2D eigenvalue weighted by atomic mass is 35.5. The van der Waals surface area contributed by atoms with Gasteiger partial charge < -0.3 is 25.4 Å². The molecule has 13 nitrogen and oxygen atoms in total. The first-order chi connectivity index (χ1) is 17.7. The van der Waals surface area contributed by atoms with Crippen molar-refractivity contribution < 1.29 is 24.0 Å². The zero-order valence-electron chi connectivity index (χ0n) is 19.3. The lowest BCUT2D eigenvalue weighted by Crippen LogP contribution is -2.61. The summed E-state index contributed by atoms with van der Waals surface area (Å²) < 4.78 is 12.0. The molecule has 2 atom stereocenters. The molecule has 188 valence electrons. The highest BCUT2D eigenvalue weighted by Crippen LogP contribution is 2.31. The third-order valence-electron chi connectivity index (χ3n) is 5.85. The second-order valence-electron chi connectivity index (χ2n) is 8.38. The molecular weight excluding hydrogens is 504 g/mol. The maximum atomic E-state index is 13.4. The minimum Gasteiger partial charge on any atom is -0.380 e. The van der Waals surface area contributed by atoms with Gasteiger partial charge in [0.05, 0.1) is 30.4 Å². The Morgan fingerprint density at radius 1 is 1.38 bits per heavy atom. The summed E-state index contributed by atoms with van der Waals surface area (Å²) in [4.78, 5) is 31.5. The molecule has 0 unspecified atom stereocenters. The van der Waals surface area contributed by atoms with E-state index < -0.39 is 23.5 Å². The molecule has 0 saturated carbocycles. The number of fused-ring (bicyclic) bond motifs is 1. The molecule has 0 aliphatic carbocycles. The lowest BCUT2D eigenvalue weighted by atomic mass is 9.95. The van der Waals surface area contributed by atoms with Crippen molar-refractivity contribution in [2.45, 2.75) is 18.6 Å².